The van der Waals surface area contributed by atoms with Crippen LogP contribution in [0.3, 0.4) is 0 Å². The summed E-state index contributed by atoms with van der Waals surface area (Å²) < 4.78 is 15.5. The van der Waals surface area contributed by atoms with Gasteiger partial charge in [0, 0.05) is 0 Å². The van der Waals surface area contributed by atoms with Crippen LogP contribution in [0.1, 0.15) is 0 Å². The van der Waals surface area contributed by atoms with Crippen molar-refractivity contribution in [1.82, 2.24) is 0 Å². The Bertz CT molecular complexity index is 275. The van der Waals surface area contributed by atoms with Gasteiger partial charge in [0.2, 0.25) is 0 Å². The SMILES string of the molecule is OC[C@H]1OC(O[C@H]2[C@@H](O)CO[C@@H]2CO)[C@H](O)[C@@H]1O. The quantitative estimate of drug-likeness (QED) is 0.355. The van der Waals surface area contributed by atoms with Crippen LogP contribution in [0.25, 0.3) is 0 Å². The van der Waals surface area contributed by atoms with Crippen LogP contribution in [-0.4, -0.2) is 88.3 Å². The van der Waals surface area contributed by atoms with Crippen LogP contribution >= 0.6 is 0 Å². The van der Waals surface area contributed by atoms with Crippen LogP contribution in [0.5, 0.6) is 0 Å². The first-order valence-electron chi connectivity index (χ1n) is 5.77. The topological polar surface area (TPSA) is 129 Å². The molecule has 8 nitrogen and oxygen atoms in total. The van der Waals surface area contributed by atoms with E-state index in [2.05, 4.69) is 0 Å². The van der Waals surface area contributed by atoms with Crippen molar-refractivity contribution in [2.24, 2.45) is 0 Å². The maximum Gasteiger partial charge on any atom is 0.187 e. The number of aliphatic hydroxyl groups is 5. The minimum absolute atomic E-state index is 0.0185. The van der Waals surface area contributed by atoms with Gasteiger partial charge in [-0.1, -0.05) is 0 Å². The Morgan fingerprint density at radius 1 is 1.00 bits per heavy atom. The van der Waals surface area contributed by atoms with Gasteiger partial charge in [-0.05, 0) is 0 Å². The predicted octanol–water partition coefficient (Wildman–Crippen LogP) is -3.44. The molecule has 8 heteroatoms. The van der Waals surface area contributed by atoms with Crippen molar-refractivity contribution < 1.29 is 39.7 Å². The lowest BCUT2D eigenvalue weighted by molar-refractivity contribution is -0.214. The molecule has 2 rings (SSSR count). The highest BCUT2D eigenvalue weighted by atomic mass is 16.7. The lowest BCUT2D eigenvalue weighted by atomic mass is 10.1. The molecular weight excluding hydrogens is 248 g/mol. The summed E-state index contributed by atoms with van der Waals surface area (Å²) in [5, 5.41) is 46.8. The van der Waals surface area contributed by atoms with E-state index in [1.54, 1.807) is 0 Å². The highest BCUT2D eigenvalue weighted by molar-refractivity contribution is 4.90. The van der Waals surface area contributed by atoms with Crippen LogP contribution in [0.2, 0.25) is 0 Å². The van der Waals surface area contributed by atoms with Crippen molar-refractivity contribution >= 4 is 0 Å². The average Bonchev–Trinajstić information content (AvgIpc) is 2.85. The summed E-state index contributed by atoms with van der Waals surface area (Å²) in [6.45, 7) is -0.771. The molecule has 1 unspecified atom stereocenters. The molecule has 106 valence electrons. The molecule has 2 aliphatic rings. The Morgan fingerprint density at radius 2 is 1.67 bits per heavy atom. The van der Waals surface area contributed by atoms with Gasteiger partial charge in [-0.2, -0.15) is 0 Å². The number of hydrogen-bond donors (Lipinski definition) is 5. The van der Waals surface area contributed by atoms with Gasteiger partial charge in [0.25, 0.3) is 0 Å². The smallest absolute Gasteiger partial charge is 0.187 e. The maximum atomic E-state index is 9.67. The number of aliphatic hydroxyl groups excluding tert-OH is 5. The molecule has 0 aliphatic carbocycles. The van der Waals surface area contributed by atoms with E-state index in [-0.39, 0.29) is 13.2 Å². The van der Waals surface area contributed by atoms with Crippen molar-refractivity contribution in [3.63, 3.8) is 0 Å². The third kappa shape index (κ3) is 2.51. The molecule has 0 aromatic carbocycles. The van der Waals surface area contributed by atoms with E-state index in [4.69, 9.17) is 24.4 Å². The third-order valence-corrected chi connectivity index (χ3v) is 3.20. The minimum atomic E-state index is -1.32. The Kier molecular flexibility index (Phi) is 4.51. The first-order chi connectivity index (χ1) is 8.58. The van der Waals surface area contributed by atoms with Gasteiger partial charge < -0.3 is 39.7 Å². The van der Waals surface area contributed by atoms with Crippen molar-refractivity contribution in [1.29, 1.82) is 0 Å². The summed E-state index contributed by atoms with van der Waals surface area (Å²) in [4.78, 5) is 0. The molecule has 2 heterocycles. The number of ether oxygens (including phenoxy) is 3. The molecular formula is C10H18O8. The molecule has 0 amide bonds. The molecule has 2 saturated heterocycles. The zero-order valence-electron chi connectivity index (χ0n) is 9.62. The Labute approximate surface area is 103 Å². The van der Waals surface area contributed by atoms with E-state index in [0.29, 0.717) is 0 Å². The molecule has 2 fully saturated rings. The Hall–Kier alpha value is -0.320. The van der Waals surface area contributed by atoms with Gasteiger partial charge in [0.15, 0.2) is 6.29 Å². The van der Waals surface area contributed by atoms with Crippen molar-refractivity contribution in [2.75, 3.05) is 19.8 Å². The van der Waals surface area contributed by atoms with Crippen LogP contribution in [0, 0.1) is 0 Å². The van der Waals surface area contributed by atoms with Gasteiger partial charge in [-0.25, -0.2) is 0 Å². The van der Waals surface area contributed by atoms with Gasteiger partial charge in [-0.15, -0.1) is 0 Å². The van der Waals surface area contributed by atoms with Crippen molar-refractivity contribution in [3.8, 4) is 0 Å². The minimum Gasteiger partial charge on any atom is -0.394 e. The number of rotatable bonds is 4. The molecule has 0 saturated carbocycles. The van der Waals surface area contributed by atoms with E-state index < -0.39 is 49.5 Å². The summed E-state index contributed by atoms with van der Waals surface area (Å²) in [5.74, 6) is 0. The fourth-order valence-corrected chi connectivity index (χ4v) is 2.13. The van der Waals surface area contributed by atoms with E-state index >= 15 is 0 Å². The Morgan fingerprint density at radius 3 is 2.22 bits per heavy atom. The van der Waals surface area contributed by atoms with Crippen LogP contribution in [0.15, 0.2) is 0 Å². The molecule has 0 radical (unpaired) electrons. The van der Waals surface area contributed by atoms with Crippen LogP contribution < -0.4 is 0 Å². The second-order valence-corrected chi connectivity index (χ2v) is 4.43. The number of hydrogen-bond acceptors (Lipinski definition) is 8. The van der Waals surface area contributed by atoms with Gasteiger partial charge >= 0.3 is 0 Å². The van der Waals surface area contributed by atoms with Crippen LogP contribution in [0.4, 0.5) is 0 Å². The fourth-order valence-electron chi connectivity index (χ4n) is 2.13. The zero-order valence-corrected chi connectivity index (χ0v) is 9.62. The molecule has 7 atom stereocenters. The lowest BCUT2D eigenvalue weighted by Crippen LogP contribution is -2.42. The summed E-state index contributed by atoms with van der Waals surface area (Å²) >= 11 is 0. The molecule has 0 aromatic rings. The maximum absolute atomic E-state index is 9.67. The summed E-state index contributed by atoms with van der Waals surface area (Å²) in [5.41, 5.74) is 0. The predicted molar refractivity (Wildman–Crippen MR) is 55.5 cm³/mol. The lowest BCUT2D eigenvalue weighted by Gasteiger charge is -2.24. The van der Waals surface area contributed by atoms with Crippen molar-refractivity contribution in [2.45, 2.75) is 42.9 Å². The van der Waals surface area contributed by atoms with Crippen LogP contribution in [-0.2, 0) is 14.2 Å². The molecule has 0 spiro atoms. The first kappa shape index (κ1) is 14.1. The van der Waals surface area contributed by atoms with E-state index in [9.17, 15) is 15.3 Å². The van der Waals surface area contributed by atoms with E-state index in [1.165, 1.54) is 0 Å². The second kappa shape index (κ2) is 5.76. The summed E-state index contributed by atoms with van der Waals surface area (Å²) in [6.07, 6.45) is -7.19. The zero-order chi connectivity index (χ0) is 13.3. The van der Waals surface area contributed by atoms with E-state index in [0.717, 1.165) is 0 Å². The third-order valence-electron chi connectivity index (χ3n) is 3.20. The second-order valence-electron chi connectivity index (χ2n) is 4.43. The van der Waals surface area contributed by atoms with Gasteiger partial charge in [0.1, 0.15) is 36.6 Å². The van der Waals surface area contributed by atoms with Gasteiger partial charge in [-0.3, -0.25) is 0 Å². The average molecular weight is 266 g/mol. The molecule has 18 heavy (non-hydrogen) atoms. The highest BCUT2D eigenvalue weighted by Crippen LogP contribution is 2.27. The monoisotopic (exact) mass is 266 g/mol. The summed E-state index contributed by atoms with van der Waals surface area (Å²) in [7, 11) is 0. The van der Waals surface area contributed by atoms with Gasteiger partial charge in [0.05, 0.1) is 19.8 Å². The van der Waals surface area contributed by atoms with E-state index in [1.807, 2.05) is 0 Å². The largest absolute Gasteiger partial charge is 0.394 e. The first-order valence-corrected chi connectivity index (χ1v) is 5.77. The summed E-state index contributed by atoms with van der Waals surface area (Å²) in [6, 6.07) is 0. The molecule has 0 bridgehead atoms. The fraction of sp³-hybridized carbons (Fsp3) is 1.00. The highest BCUT2D eigenvalue weighted by Gasteiger charge is 2.47. The Balaban J connectivity index is 1.97. The normalized spacial score (nSPS) is 48.8. The molecule has 5 N–H and O–H groups in total. The molecule has 2 aliphatic heterocycles. The molecule has 0 aromatic heterocycles. The van der Waals surface area contributed by atoms with Crippen molar-refractivity contribution in [3.05, 3.63) is 0 Å². The standard InChI is InChI=1S/C10H18O8/c11-1-5-7(14)8(15)10(17-5)18-9-4(13)3-16-6(9)2-12/h4-15H,1-3H2/t4-,5+,6+,7+,8+,9-,10?/m0/s1.